The van der Waals surface area contributed by atoms with Crippen LogP contribution in [0, 0.1) is 0 Å². The molecule has 0 unspecified atom stereocenters. The van der Waals surface area contributed by atoms with Crippen LogP contribution in [0.1, 0.15) is 26.3 Å². The summed E-state index contributed by atoms with van der Waals surface area (Å²) < 4.78 is 0.948. The number of para-hydroxylation sites is 1. The van der Waals surface area contributed by atoms with E-state index in [1.807, 2.05) is 0 Å². The van der Waals surface area contributed by atoms with Gasteiger partial charge in [-0.1, -0.05) is 19.1 Å². The minimum absolute atomic E-state index is 0.197. The van der Waals surface area contributed by atoms with Crippen molar-refractivity contribution in [3.8, 4) is 0 Å². The highest BCUT2D eigenvalue weighted by Gasteiger charge is 2.23. The van der Waals surface area contributed by atoms with Crippen LogP contribution in [0.25, 0.3) is 10.9 Å². The number of rotatable bonds is 5. The van der Waals surface area contributed by atoms with E-state index in [0.29, 0.717) is 22.3 Å². The highest BCUT2D eigenvalue weighted by atomic mass is 16.2. The molecule has 0 bridgehead atoms. The Morgan fingerprint density at radius 2 is 1.61 bits per heavy atom. The lowest BCUT2D eigenvalue weighted by Gasteiger charge is -2.17. The molecule has 28 heavy (non-hydrogen) atoms. The monoisotopic (exact) mass is 380 g/mol. The van der Waals surface area contributed by atoms with Crippen molar-refractivity contribution >= 4 is 34.1 Å². The zero-order valence-electron chi connectivity index (χ0n) is 15.5. The van der Waals surface area contributed by atoms with Crippen LogP contribution in [0.2, 0.25) is 0 Å². The van der Waals surface area contributed by atoms with E-state index in [1.165, 1.54) is 6.92 Å². The molecule has 1 heterocycles. The Hall–Kier alpha value is -3.68. The number of carbonyl (C=O) groups is 2. The Morgan fingerprint density at radius 1 is 1.00 bits per heavy atom. The molecule has 0 fully saturated rings. The number of carbonyl (C=O) groups excluding carboxylic acids is 2. The number of anilines is 2. The standard InChI is InChI=1S/C20H20N4O4/c1-3-17(18(26)22-14-10-8-13(9-11-14)21-12(2)25)24-19(27)15-6-4-5-7-16(15)23-20(24)28/h4-11,17H,3H2,1-2H3,(H,21,25)(H,22,26)(H,23,28)/t17-/m0/s1. The first-order chi connectivity index (χ1) is 13.4. The normalized spacial score (nSPS) is 11.8. The van der Waals surface area contributed by atoms with Gasteiger partial charge in [-0.05, 0) is 42.8 Å². The van der Waals surface area contributed by atoms with Crippen LogP contribution >= 0.6 is 0 Å². The van der Waals surface area contributed by atoms with Gasteiger partial charge in [0.2, 0.25) is 11.8 Å². The average Bonchev–Trinajstić information content (AvgIpc) is 2.66. The molecule has 3 aromatic rings. The van der Waals surface area contributed by atoms with E-state index in [-0.39, 0.29) is 12.3 Å². The fraction of sp³-hybridized carbons (Fsp3) is 0.200. The number of benzene rings is 2. The van der Waals surface area contributed by atoms with Gasteiger partial charge in [-0.2, -0.15) is 0 Å². The fourth-order valence-electron chi connectivity index (χ4n) is 3.01. The van der Waals surface area contributed by atoms with Crippen LogP contribution in [-0.2, 0) is 9.59 Å². The van der Waals surface area contributed by atoms with E-state index in [1.54, 1.807) is 55.5 Å². The third-order valence-corrected chi connectivity index (χ3v) is 4.31. The van der Waals surface area contributed by atoms with Gasteiger partial charge >= 0.3 is 5.69 Å². The second kappa shape index (κ2) is 7.91. The van der Waals surface area contributed by atoms with E-state index in [9.17, 15) is 19.2 Å². The van der Waals surface area contributed by atoms with E-state index < -0.39 is 23.2 Å². The van der Waals surface area contributed by atoms with E-state index >= 15 is 0 Å². The first-order valence-electron chi connectivity index (χ1n) is 8.82. The number of hydrogen-bond donors (Lipinski definition) is 3. The summed E-state index contributed by atoms with van der Waals surface area (Å²) in [4.78, 5) is 51.7. The summed E-state index contributed by atoms with van der Waals surface area (Å²) in [5.41, 5.74) is 0.370. The highest BCUT2D eigenvalue weighted by molar-refractivity contribution is 5.94. The minimum Gasteiger partial charge on any atom is -0.326 e. The second-order valence-corrected chi connectivity index (χ2v) is 6.32. The second-order valence-electron chi connectivity index (χ2n) is 6.32. The van der Waals surface area contributed by atoms with Crippen molar-refractivity contribution in [2.45, 2.75) is 26.3 Å². The molecule has 0 aliphatic rings. The molecule has 2 aromatic carbocycles. The quantitative estimate of drug-likeness (QED) is 0.630. The molecule has 8 heteroatoms. The maximum absolute atomic E-state index is 12.8. The number of aromatic nitrogens is 2. The lowest BCUT2D eigenvalue weighted by atomic mass is 10.1. The molecule has 3 rings (SSSR count). The van der Waals surface area contributed by atoms with Crippen molar-refractivity contribution in [3.05, 3.63) is 69.4 Å². The highest BCUT2D eigenvalue weighted by Crippen LogP contribution is 2.17. The van der Waals surface area contributed by atoms with Gasteiger partial charge in [0, 0.05) is 18.3 Å². The number of aromatic amines is 1. The van der Waals surface area contributed by atoms with Gasteiger partial charge in [-0.15, -0.1) is 0 Å². The third kappa shape index (κ3) is 3.85. The van der Waals surface area contributed by atoms with Crippen molar-refractivity contribution < 1.29 is 9.59 Å². The van der Waals surface area contributed by atoms with Crippen LogP contribution in [-0.4, -0.2) is 21.4 Å². The van der Waals surface area contributed by atoms with Gasteiger partial charge in [-0.3, -0.25) is 14.4 Å². The van der Waals surface area contributed by atoms with Crippen molar-refractivity contribution in [2.75, 3.05) is 10.6 Å². The van der Waals surface area contributed by atoms with E-state index in [4.69, 9.17) is 0 Å². The van der Waals surface area contributed by atoms with Gasteiger partial charge < -0.3 is 15.6 Å². The summed E-state index contributed by atoms with van der Waals surface area (Å²) >= 11 is 0. The van der Waals surface area contributed by atoms with Crippen molar-refractivity contribution in [1.82, 2.24) is 9.55 Å². The Balaban J connectivity index is 1.90. The third-order valence-electron chi connectivity index (χ3n) is 4.31. The molecular weight excluding hydrogens is 360 g/mol. The van der Waals surface area contributed by atoms with Gasteiger partial charge in [-0.25, -0.2) is 9.36 Å². The summed E-state index contributed by atoms with van der Waals surface area (Å²) in [6.45, 7) is 3.13. The number of nitrogens with zero attached hydrogens (tertiary/aromatic N) is 1. The first kappa shape index (κ1) is 19.1. The molecule has 2 amide bonds. The van der Waals surface area contributed by atoms with E-state index in [0.717, 1.165) is 4.57 Å². The lowest BCUT2D eigenvalue weighted by molar-refractivity contribution is -0.119. The average molecular weight is 380 g/mol. The first-order valence-corrected chi connectivity index (χ1v) is 8.82. The zero-order valence-corrected chi connectivity index (χ0v) is 15.5. The Labute approximate surface area is 160 Å². The Bertz CT molecular complexity index is 1150. The van der Waals surface area contributed by atoms with Crippen molar-refractivity contribution in [2.24, 2.45) is 0 Å². The predicted octanol–water partition coefficient (Wildman–Crippen LogP) is 2.24. The molecule has 0 saturated carbocycles. The topological polar surface area (TPSA) is 113 Å². The molecular formula is C20H20N4O4. The predicted molar refractivity (Wildman–Crippen MR) is 108 cm³/mol. The molecule has 8 nitrogen and oxygen atoms in total. The molecule has 144 valence electrons. The summed E-state index contributed by atoms with van der Waals surface area (Å²) in [5, 5.41) is 5.69. The number of hydrogen-bond acceptors (Lipinski definition) is 4. The SMILES string of the molecule is CC[C@@H](C(=O)Nc1ccc(NC(C)=O)cc1)n1c(=O)[nH]c2ccccc2c1=O. The molecule has 3 N–H and O–H groups in total. The summed E-state index contributed by atoms with van der Waals surface area (Å²) in [5.74, 6) is -0.671. The number of amides is 2. The van der Waals surface area contributed by atoms with Crippen LogP contribution in [0.5, 0.6) is 0 Å². The van der Waals surface area contributed by atoms with Crippen LogP contribution < -0.4 is 21.9 Å². The molecule has 0 saturated heterocycles. The fourth-order valence-corrected chi connectivity index (χ4v) is 3.01. The van der Waals surface area contributed by atoms with Gasteiger partial charge in [0.15, 0.2) is 0 Å². The molecule has 0 radical (unpaired) electrons. The van der Waals surface area contributed by atoms with Gasteiger partial charge in [0.25, 0.3) is 5.56 Å². The molecule has 0 aliphatic carbocycles. The maximum atomic E-state index is 12.8. The lowest BCUT2D eigenvalue weighted by Crippen LogP contribution is -2.42. The molecule has 0 aliphatic heterocycles. The minimum atomic E-state index is -0.962. The maximum Gasteiger partial charge on any atom is 0.329 e. The summed E-state index contributed by atoms with van der Waals surface area (Å²) in [7, 11) is 0. The van der Waals surface area contributed by atoms with Crippen molar-refractivity contribution in [3.63, 3.8) is 0 Å². The zero-order chi connectivity index (χ0) is 20.3. The number of H-pyrrole nitrogens is 1. The van der Waals surface area contributed by atoms with Crippen LogP contribution in [0.15, 0.2) is 58.1 Å². The largest absolute Gasteiger partial charge is 0.329 e. The summed E-state index contributed by atoms with van der Waals surface area (Å²) in [6.07, 6.45) is 0.261. The summed E-state index contributed by atoms with van der Waals surface area (Å²) in [6, 6.07) is 12.2. The molecule has 0 spiro atoms. The van der Waals surface area contributed by atoms with Crippen molar-refractivity contribution in [1.29, 1.82) is 0 Å². The Kier molecular flexibility index (Phi) is 5.39. The Morgan fingerprint density at radius 3 is 2.21 bits per heavy atom. The molecule has 1 aromatic heterocycles. The van der Waals surface area contributed by atoms with E-state index in [2.05, 4.69) is 15.6 Å². The van der Waals surface area contributed by atoms with Crippen LogP contribution in [0.4, 0.5) is 11.4 Å². The van der Waals surface area contributed by atoms with Gasteiger partial charge in [0.05, 0.1) is 10.9 Å². The number of nitrogens with one attached hydrogen (secondary N) is 3. The molecule has 1 atom stereocenters. The smallest absolute Gasteiger partial charge is 0.326 e. The number of fused-ring (bicyclic) bond motifs is 1. The van der Waals surface area contributed by atoms with Gasteiger partial charge in [0.1, 0.15) is 6.04 Å². The van der Waals surface area contributed by atoms with Crippen LogP contribution in [0.3, 0.4) is 0 Å².